The third kappa shape index (κ3) is 4.38. The van der Waals surface area contributed by atoms with Gasteiger partial charge in [0.1, 0.15) is 11.6 Å². The molecular formula is C15H16Cl2N4O. The zero-order valence-electron chi connectivity index (χ0n) is 12.1. The van der Waals surface area contributed by atoms with Crippen molar-refractivity contribution in [2.75, 3.05) is 38.5 Å². The van der Waals surface area contributed by atoms with Crippen molar-refractivity contribution < 1.29 is 4.79 Å². The molecule has 1 N–H and O–H groups in total. The van der Waals surface area contributed by atoms with Gasteiger partial charge in [-0.2, -0.15) is 5.26 Å². The molecule has 0 bridgehead atoms. The molecule has 7 heteroatoms. The van der Waals surface area contributed by atoms with E-state index >= 15 is 0 Å². The summed E-state index contributed by atoms with van der Waals surface area (Å²) in [4.78, 5) is 16.3. The first kappa shape index (κ1) is 16.6. The summed E-state index contributed by atoms with van der Waals surface area (Å²) in [6, 6.07) is 6.72. The van der Waals surface area contributed by atoms with E-state index in [1.54, 1.807) is 24.4 Å². The minimum atomic E-state index is -0.459. The lowest BCUT2D eigenvalue weighted by molar-refractivity contribution is -0.112. The van der Waals surface area contributed by atoms with Crippen molar-refractivity contribution in [1.29, 1.82) is 5.26 Å². The van der Waals surface area contributed by atoms with Gasteiger partial charge in [-0.25, -0.2) is 0 Å². The molecule has 2 rings (SSSR count). The minimum Gasteiger partial charge on any atom is -0.374 e. The Morgan fingerprint density at radius 1 is 1.27 bits per heavy atom. The number of likely N-dealkylation sites (N-methyl/N-ethyl adjacent to an activating group) is 1. The van der Waals surface area contributed by atoms with Crippen LogP contribution in [0.1, 0.15) is 0 Å². The average molecular weight is 339 g/mol. The lowest BCUT2D eigenvalue weighted by atomic mass is 10.2. The molecule has 1 aromatic rings. The van der Waals surface area contributed by atoms with E-state index < -0.39 is 5.91 Å². The van der Waals surface area contributed by atoms with E-state index in [9.17, 15) is 10.1 Å². The van der Waals surface area contributed by atoms with Gasteiger partial charge < -0.3 is 15.1 Å². The van der Waals surface area contributed by atoms with Crippen molar-refractivity contribution in [3.05, 3.63) is 40.0 Å². The van der Waals surface area contributed by atoms with Crippen LogP contribution < -0.4 is 5.32 Å². The van der Waals surface area contributed by atoms with Crippen LogP contribution >= 0.6 is 23.2 Å². The number of amides is 1. The Morgan fingerprint density at radius 2 is 1.95 bits per heavy atom. The Bertz CT molecular complexity index is 631. The van der Waals surface area contributed by atoms with E-state index in [0.717, 1.165) is 26.2 Å². The van der Waals surface area contributed by atoms with Crippen LogP contribution in [0.3, 0.4) is 0 Å². The van der Waals surface area contributed by atoms with Gasteiger partial charge >= 0.3 is 0 Å². The molecule has 0 atom stereocenters. The van der Waals surface area contributed by atoms with Crippen molar-refractivity contribution in [2.45, 2.75) is 0 Å². The Balaban J connectivity index is 2.05. The number of rotatable bonds is 3. The lowest BCUT2D eigenvalue weighted by Crippen LogP contribution is -2.42. The molecule has 22 heavy (non-hydrogen) atoms. The smallest absolute Gasteiger partial charge is 0.267 e. The van der Waals surface area contributed by atoms with E-state index in [-0.39, 0.29) is 5.57 Å². The largest absolute Gasteiger partial charge is 0.374 e. The molecule has 1 heterocycles. The Kier molecular flexibility index (Phi) is 5.67. The summed E-state index contributed by atoms with van der Waals surface area (Å²) in [5, 5.41) is 12.6. The van der Waals surface area contributed by atoms with Crippen LogP contribution in [0.25, 0.3) is 0 Å². The maximum absolute atomic E-state index is 12.2. The molecule has 116 valence electrons. The standard InChI is InChI=1S/C15H16Cl2N4O/c1-20-4-6-21(7-5-20)10-11(9-18)15(22)19-12-2-3-13(16)14(17)8-12/h2-3,8,10H,4-7H2,1H3,(H,19,22)/b11-10-. The number of carbonyl (C=O) groups excluding carboxylic acids is 1. The number of nitriles is 1. The highest BCUT2D eigenvalue weighted by molar-refractivity contribution is 6.42. The van der Waals surface area contributed by atoms with Gasteiger partial charge in [-0.1, -0.05) is 23.2 Å². The number of nitrogens with one attached hydrogen (secondary N) is 1. The van der Waals surface area contributed by atoms with E-state index in [1.807, 2.05) is 18.0 Å². The number of anilines is 1. The van der Waals surface area contributed by atoms with Crippen LogP contribution in [0.2, 0.25) is 10.0 Å². The maximum Gasteiger partial charge on any atom is 0.267 e. The lowest BCUT2D eigenvalue weighted by Gasteiger charge is -2.31. The highest BCUT2D eigenvalue weighted by Crippen LogP contribution is 2.25. The SMILES string of the molecule is CN1CCN(/C=C(/C#N)C(=O)Nc2ccc(Cl)c(Cl)c2)CC1. The Morgan fingerprint density at radius 3 is 2.55 bits per heavy atom. The summed E-state index contributed by atoms with van der Waals surface area (Å²) in [6.07, 6.45) is 1.61. The number of hydrogen-bond donors (Lipinski definition) is 1. The minimum absolute atomic E-state index is 0.0654. The van der Waals surface area contributed by atoms with Crippen molar-refractivity contribution in [3.8, 4) is 6.07 Å². The van der Waals surface area contributed by atoms with E-state index in [1.165, 1.54) is 0 Å². The second kappa shape index (κ2) is 7.50. The summed E-state index contributed by atoms with van der Waals surface area (Å²) < 4.78 is 0. The monoisotopic (exact) mass is 338 g/mol. The van der Waals surface area contributed by atoms with Crippen molar-refractivity contribution in [2.24, 2.45) is 0 Å². The molecule has 5 nitrogen and oxygen atoms in total. The van der Waals surface area contributed by atoms with Gasteiger partial charge in [0.2, 0.25) is 0 Å². The Labute approximate surface area is 139 Å². The number of hydrogen-bond acceptors (Lipinski definition) is 4. The molecule has 0 spiro atoms. The average Bonchev–Trinajstić information content (AvgIpc) is 2.50. The third-order valence-electron chi connectivity index (χ3n) is 3.39. The first-order valence-corrected chi connectivity index (χ1v) is 7.56. The molecule has 0 saturated carbocycles. The maximum atomic E-state index is 12.2. The third-order valence-corrected chi connectivity index (χ3v) is 4.13. The van der Waals surface area contributed by atoms with Gasteiger partial charge in [0.05, 0.1) is 10.0 Å². The first-order valence-electron chi connectivity index (χ1n) is 6.80. The van der Waals surface area contributed by atoms with Gasteiger partial charge in [0.25, 0.3) is 5.91 Å². The fourth-order valence-corrected chi connectivity index (χ4v) is 2.34. The molecule has 1 saturated heterocycles. The van der Waals surface area contributed by atoms with Crippen molar-refractivity contribution >= 4 is 34.8 Å². The Hall–Kier alpha value is -1.74. The van der Waals surface area contributed by atoms with Crippen LogP contribution in [0.5, 0.6) is 0 Å². The van der Waals surface area contributed by atoms with Gasteiger partial charge in [0.15, 0.2) is 0 Å². The summed E-state index contributed by atoms with van der Waals surface area (Å²) in [5.41, 5.74) is 0.564. The van der Waals surface area contributed by atoms with Crippen molar-refractivity contribution in [1.82, 2.24) is 9.80 Å². The number of benzene rings is 1. The van der Waals surface area contributed by atoms with Crippen LogP contribution in [0.15, 0.2) is 30.0 Å². The predicted molar refractivity (Wildman–Crippen MR) is 87.9 cm³/mol. The first-order chi connectivity index (χ1) is 10.5. The number of carbonyl (C=O) groups is 1. The molecule has 1 aliphatic heterocycles. The molecule has 0 radical (unpaired) electrons. The molecular weight excluding hydrogens is 323 g/mol. The zero-order chi connectivity index (χ0) is 16.1. The molecule has 0 aromatic heterocycles. The van der Waals surface area contributed by atoms with Crippen LogP contribution in [0, 0.1) is 11.3 Å². The molecule has 0 aliphatic carbocycles. The van der Waals surface area contributed by atoms with Gasteiger partial charge in [-0.15, -0.1) is 0 Å². The fourth-order valence-electron chi connectivity index (χ4n) is 2.04. The topological polar surface area (TPSA) is 59.4 Å². The molecule has 1 fully saturated rings. The number of nitrogens with zero attached hydrogens (tertiary/aromatic N) is 3. The van der Waals surface area contributed by atoms with Gasteiger partial charge in [-0.3, -0.25) is 4.79 Å². The molecule has 1 aliphatic rings. The molecule has 1 amide bonds. The van der Waals surface area contributed by atoms with E-state index in [0.29, 0.717) is 15.7 Å². The highest BCUT2D eigenvalue weighted by atomic mass is 35.5. The van der Waals surface area contributed by atoms with Gasteiger partial charge in [0, 0.05) is 38.1 Å². The van der Waals surface area contributed by atoms with Crippen LogP contribution in [-0.4, -0.2) is 48.9 Å². The zero-order valence-corrected chi connectivity index (χ0v) is 13.7. The van der Waals surface area contributed by atoms with Crippen LogP contribution in [-0.2, 0) is 4.79 Å². The summed E-state index contributed by atoms with van der Waals surface area (Å²) in [7, 11) is 2.04. The fraction of sp³-hybridized carbons (Fsp3) is 0.333. The van der Waals surface area contributed by atoms with Crippen molar-refractivity contribution in [3.63, 3.8) is 0 Å². The molecule has 0 unspecified atom stereocenters. The second-order valence-electron chi connectivity index (χ2n) is 5.08. The number of piperazine rings is 1. The summed E-state index contributed by atoms with van der Waals surface area (Å²) >= 11 is 11.7. The number of halogens is 2. The van der Waals surface area contributed by atoms with Gasteiger partial charge in [-0.05, 0) is 25.2 Å². The summed E-state index contributed by atoms with van der Waals surface area (Å²) in [5.74, 6) is -0.459. The van der Waals surface area contributed by atoms with E-state index in [4.69, 9.17) is 23.2 Å². The second-order valence-corrected chi connectivity index (χ2v) is 5.89. The quantitative estimate of drug-likeness (QED) is 0.679. The molecule has 1 aromatic carbocycles. The van der Waals surface area contributed by atoms with Crippen LogP contribution in [0.4, 0.5) is 5.69 Å². The normalized spacial score (nSPS) is 16.3. The van der Waals surface area contributed by atoms with E-state index in [2.05, 4.69) is 10.2 Å². The predicted octanol–water partition coefficient (Wildman–Crippen LogP) is 2.59. The highest BCUT2D eigenvalue weighted by Gasteiger charge is 2.15. The summed E-state index contributed by atoms with van der Waals surface area (Å²) in [6.45, 7) is 3.40.